The Balaban J connectivity index is 2.15. The van der Waals surface area contributed by atoms with Crippen LogP contribution in [0.4, 0.5) is 0 Å². The van der Waals surface area contributed by atoms with Crippen LogP contribution < -0.4 is 0 Å². The molecule has 0 aliphatic heterocycles. The standard InChI is InChI=1S/C11H16O3/c1-14-11(13)9-6-7-4-2-3-5-8(7)10(9)12/h6-8,10,12H,2-5H2,1H3/t7-,8-,10?/m0/s1. The fourth-order valence-electron chi connectivity index (χ4n) is 2.65. The molecule has 1 fully saturated rings. The molecule has 0 spiro atoms. The van der Waals surface area contributed by atoms with Crippen LogP contribution in [-0.4, -0.2) is 24.3 Å². The number of rotatable bonds is 1. The van der Waals surface area contributed by atoms with E-state index in [0.717, 1.165) is 12.8 Å². The molecule has 2 aliphatic rings. The maximum absolute atomic E-state index is 11.3. The summed E-state index contributed by atoms with van der Waals surface area (Å²) >= 11 is 0. The molecule has 0 aromatic heterocycles. The van der Waals surface area contributed by atoms with Crippen molar-refractivity contribution in [3.63, 3.8) is 0 Å². The molecule has 3 nitrogen and oxygen atoms in total. The van der Waals surface area contributed by atoms with E-state index in [4.69, 9.17) is 0 Å². The van der Waals surface area contributed by atoms with E-state index < -0.39 is 6.10 Å². The first kappa shape index (κ1) is 9.71. The molecule has 2 rings (SSSR count). The minimum absolute atomic E-state index is 0.262. The number of hydrogen-bond donors (Lipinski definition) is 1. The van der Waals surface area contributed by atoms with Crippen LogP contribution in [-0.2, 0) is 9.53 Å². The fourth-order valence-corrected chi connectivity index (χ4v) is 2.65. The fraction of sp³-hybridized carbons (Fsp3) is 0.727. The number of aliphatic hydroxyl groups excluding tert-OH is 1. The Morgan fingerprint density at radius 3 is 2.86 bits per heavy atom. The van der Waals surface area contributed by atoms with Crippen molar-refractivity contribution in [1.29, 1.82) is 0 Å². The quantitative estimate of drug-likeness (QED) is 0.642. The average molecular weight is 196 g/mol. The molecule has 0 aromatic carbocycles. The van der Waals surface area contributed by atoms with Gasteiger partial charge in [0.05, 0.1) is 18.8 Å². The van der Waals surface area contributed by atoms with Crippen LogP contribution in [0.3, 0.4) is 0 Å². The second kappa shape index (κ2) is 3.73. The van der Waals surface area contributed by atoms with Gasteiger partial charge in [-0.1, -0.05) is 18.9 Å². The zero-order valence-electron chi connectivity index (χ0n) is 8.40. The largest absolute Gasteiger partial charge is 0.466 e. The topological polar surface area (TPSA) is 46.5 Å². The number of carbonyl (C=O) groups is 1. The summed E-state index contributed by atoms with van der Waals surface area (Å²) in [5, 5.41) is 9.92. The molecular weight excluding hydrogens is 180 g/mol. The van der Waals surface area contributed by atoms with Gasteiger partial charge in [-0.05, 0) is 24.7 Å². The van der Waals surface area contributed by atoms with Gasteiger partial charge in [0.25, 0.3) is 0 Å². The number of ether oxygens (including phenoxy) is 1. The first-order valence-electron chi connectivity index (χ1n) is 5.22. The monoisotopic (exact) mass is 196 g/mol. The Morgan fingerprint density at radius 2 is 2.21 bits per heavy atom. The van der Waals surface area contributed by atoms with E-state index in [1.54, 1.807) is 0 Å². The number of fused-ring (bicyclic) bond motifs is 1. The lowest BCUT2D eigenvalue weighted by Crippen LogP contribution is -2.27. The predicted molar refractivity (Wildman–Crippen MR) is 51.6 cm³/mol. The normalized spacial score (nSPS) is 36.1. The summed E-state index contributed by atoms with van der Waals surface area (Å²) in [7, 11) is 1.36. The van der Waals surface area contributed by atoms with Gasteiger partial charge in [-0.3, -0.25) is 0 Å². The number of esters is 1. The first-order valence-corrected chi connectivity index (χ1v) is 5.22. The SMILES string of the molecule is COC(=O)C1=C[C@@H]2CCCC[C@@H]2C1O. The molecule has 78 valence electrons. The number of aliphatic hydroxyl groups is 1. The second-order valence-corrected chi connectivity index (χ2v) is 4.17. The van der Waals surface area contributed by atoms with E-state index in [-0.39, 0.29) is 11.9 Å². The van der Waals surface area contributed by atoms with Crippen LogP contribution >= 0.6 is 0 Å². The van der Waals surface area contributed by atoms with Gasteiger partial charge in [0.2, 0.25) is 0 Å². The lowest BCUT2D eigenvalue weighted by molar-refractivity contribution is -0.137. The number of carbonyl (C=O) groups excluding carboxylic acids is 1. The Morgan fingerprint density at radius 1 is 1.50 bits per heavy atom. The maximum Gasteiger partial charge on any atom is 0.336 e. The Labute approximate surface area is 83.8 Å². The third-order valence-electron chi connectivity index (χ3n) is 3.41. The molecule has 0 amide bonds. The average Bonchev–Trinajstić information content (AvgIpc) is 2.56. The molecule has 0 heterocycles. The van der Waals surface area contributed by atoms with Gasteiger partial charge >= 0.3 is 5.97 Å². The minimum Gasteiger partial charge on any atom is -0.466 e. The van der Waals surface area contributed by atoms with Crippen LogP contribution in [0, 0.1) is 11.8 Å². The second-order valence-electron chi connectivity index (χ2n) is 4.17. The lowest BCUT2D eigenvalue weighted by Gasteiger charge is -2.27. The van der Waals surface area contributed by atoms with Crippen molar-refractivity contribution >= 4 is 5.97 Å². The highest BCUT2D eigenvalue weighted by Gasteiger charge is 2.40. The molecule has 0 radical (unpaired) electrons. The zero-order chi connectivity index (χ0) is 10.1. The summed E-state index contributed by atoms with van der Waals surface area (Å²) < 4.78 is 4.64. The van der Waals surface area contributed by atoms with Crippen LogP contribution in [0.1, 0.15) is 25.7 Å². The molecule has 0 bridgehead atoms. The van der Waals surface area contributed by atoms with Gasteiger partial charge < -0.3 is 9.84 Å². The van der Waals surface area contributed by atoms with Crippen molar-refractivity contribution in [2.75, 3.05) is 7.11 Å². The van der Waals surface area contributed by atoms with E-state index in [2.05, 4.69) is 4.74 Å². The molecule has 14 heavy (non-hydrogen) atoms. The third kappa shape index (κ3) is 1.46. The Bertz CT molecular complexity index is 270. The summed E-state index contributed by atoms with van der Waals surface area (Å²) in [6, 6.07) is 0. The van der Waals surface area contributed by atoms with E-state index in [1.165, 1.54) is 20.0 Å². The van der Waals surface area contributed by atoms with Crippen molar-refractivity contribution in [3.8, 4) is 0 Å². The van der Waals surface area contributed by atoms with Crippen molar-refractivity contribution in [1.82, 2.24) is 0 Å². The van der Waals surface area contributed by atoms with Crippen molar-refractivity contribution < 1.29 is 14.6 Å². The van der Waals surface area contributed by atoms with Gasteiger partial charge in [-0.2, -0.15) is 0 Å². The van der Waals surface area contributed by atoms with Crippen LogP contribution in [0.25, 0.3) is 0 Å². The Kier molecular flexibility index (Phi) is 2.59. The number of allylic oxidation sites excluding steroid dienone is 1. The highest BCUT2D eigenvalue weighted by atomic mass is 16.5. The van der Waals surface area contributed by atoms with Gasteiger partial charge in [-0.25, -0.2) is 4.79 Å². The molecule has 2 aliphatic carbocycles. The molecule has 1 N–H and O–H groups in total. The van der Waals surface area contributed by atoms with Gasteiger partial charge in [0.15, 0.2) is 0 Å². The summed E-state index contributed by atoms with van der Waals surface area (Å²) in [4.78, 5) is 11.3. The van der Waals surface area contributed by atoms with E-state index in [9.17, 15) is 9.90 Å². The van der Waals surface area contributed by atoms with E-state index >= 15 is 0 Å². The zero-order valence-corrected chi connectivity index (χ0v) is 8.40. The molecule has 3 atom stereocenters. The van der Waals surface area contributed by atoms with Gasteiger partial charge in [-0.15, -0.1) is 0 Å². The molecule has 0 aromatic rings. The van der Waals surface area contributed by atoms with Crippen LogP contribution in [0.5, 0.6) is 0 Å². The van der Waals surface area contributed by atoms with Crippen LogP contribution in [0.15, 0.2) is 11.6 Å². The number of methoxy groups -OCH3 is 1. The highest BCUT2D eigenvalue weighted by molar-refractivity contribution is 5.90. The predicted octanol–water partition coefficient (Wildman–Crippen LogP) is 1.27. The van der Waals surface area contributed by atoms with Crippen molar-refractivity contribution in [3.05, 3.63) is 11.6 Å². The van der Waals surface area contributed by atoms with Crippen molar-refractivity contribution in [2.24, 2.45) is 11.8 Å². The van der Waals surface area contributed by atoms with E-state index in [1.807, 2.05) is 6.08 Å². The Hall–Kier alpha value is -0.830. The maximum atomic E-state index is 11.3. The highest BCUT2D eigenvalue weighted by Crippen LogP contribution is 2.41. The summed E-state index contributed by atoms with van der Waals surface area (Å²) in [6.07, 6.45) is 5.83. The summed E-state index contributed by atoms with van der Waals surface area (Å²) in [5.41, 5.74) is 0.476. The molecular formula is C11H16O3. The summed E-state index contributed by atoms with van der Waals surface area (Å²) in [5.74, 6) is 0.289. The van der Waals surface area contributed by atoms with Crippen molar-refractivity contribution in [2.45, 2.75) is 31.8 Å². The molecule has 1 unspecified atom stereocenters. The first-order chi connectivity index (χ1) is 6.74. The minimum atomic E-state index is -0.590. The molecule has 1 saturated carbocycles. The molecule has 3 heteroatoms. The van der Waals surface area contributed by atoms with E-state index in [0.29, 0.717) is 11.5 Å². The summed E-state index contributed by atoms with van der Waals surface area (Å²) in [6.45, 7) is 0. The van der Waals surface area contributed by atoms with Crippen LogP contribution in [0.2, 0.25) is 0 Å². The third-order valence-corrected chi connectivity index (χ3v) is 3.41. The number of hydrogen-bond acceptors (Lipinski definition) is 3. The van der Waals surface area contributed by atoms with Gasteiger partial charge in [0.1, 0.15) is 0 Å². The molecule has 0 saturated heterocycles. The smallest absolute Gasteiger partial charge is 0.336 e. The van der Waals surface area contributed by atoms with Gasteiger partial charge in [0, 0.05) is 0 Å². The lowest BCUT2D eigenvalue weighted by atomic mass is 9.80.